The lowest BCUT2D eigenvalue weighted by molar-refractivity contribution is -0.139. The molecule has 1 aromatic carbocycles. The minimum atomic E-state index is -0.358. The molecule has 3 rings (SSSR count). The second-order valence-electron chi connectivity index (χ2n) is 6.85. The van der Waals surface area contributed by atoms with Gasteiger partial charge in [-0.05, 0) is 37.8 Å². The number of nitrogens with zero attached hydrogens (tertiary/aromatic N) is 2. The second-order valence-corrected chi connectivity index (χ2v) is 7.26. The first kappa shape index (κ1) is 18.7. The van der Waals surface area contributed by atoms with Crippen LogP contribution in [-0.4, -0.2) is 60.2 Å². The molecule has 2 aliphatic rings. The van der Waals surface area contributed by atoms with Crippen molar-refractivity contribution in [1.29, 1.82) is 0 Å². The van der Waals surface area contributed by atoms with Gasteiger partial charge in [-0.3, -0.25) is 14.4 Å². The Morgan fingerprint density at radius 2 is 1.65 bits per heavy atom. The van der Waals surface area contributed by atoms with Gasteiger partial charge < -0.3 is 15.1 Å². The van der Waals surface area contributed by atoms with Gasteiger partial charge in [0.15, 0.2) is 0 Å². The molecule has 6 nitrogen and oxygen atoms in total. The topological polar surface area (TPSA) is 69.7 Å². The molecule has 2 fully saturated rings. The molecule has 0 spiro atoms. The van der Waals surface area contributed by atoms with Gasteiger partial charge >= 0.3 is 0 Å². The Morgan fingerprint density at radius 3 is 2.31 bits per heavy atom. The van der Waals surface area contributed by atoms with E-state index in [-0.39, 0.29) is 30.2 Å². The Balaban J connectivity index is 1.44. The van der Waals surface area contributed by atoms with E-state index in [1.165, 1.54) is 0 Å². The van der Waals surface area contributed by atoms with Crippen LogP contribution in [0.25, 0.3) is 0 Å². The van der Waals surface area contributed by atoms with Crippen LogP contribution in [0, 0.1) is 5.92 Å². The lowest BCUT2D eigenvalue weighted by Gasteiger charge is -2.33. The number of rotatable bonds is 4. The van der Waals surface area contributed by atoms with Crippen LogP contribution in [0.1, 0.15) is 36.0 Å². The van der Waals surface area contributed by atoms with E-state index in [9.17, 15) is 14.4 Å². The van der Waals surface area contributed by atoms with Gasteiger partial charge in [-0.2, -0.15) is 0 Å². The normalized spacial score (nSPS) is 18.0. The van der Waals surface area contributed by atoms with E-state index in [4.69, 9.17) is 11.6 Å². The molecule has 140 valence electrons. The van der Waals surface area contributed by atoms with Crippen molar-refractivity contribution in [3.8, 4) is 0 Å². The van der Waals surface area contributed by atoms with Gasteiger partial charge in [0.25, 0.3) is 5.91 Å². The van der Waals surface area contributed by atoms with E-state index in [0.29, 0.717) is 36.5 Å². The summed E-state index contributed by atoms with van der Waals surface area (Å²) in [5.41, 5.74) is 0.358. The molecule has 0 bridgehead atoms. The molecule has 2 aliphatic heterocycles. The van der Waals surface area contributed by atoms with Crippen molar-refractivity contribution >= 4 is 29.3 Å². The number of halogens is 1. The lowest BCUT2D eigenvalue weighted by atomic mass is 9.95. The summed E-state index contributed by atoms with van der Waals surface area (Å²) < 4.78 is 0. The molecule has 0 radical (unpaired) electrons. The SMILES string of the molecule is O=C(NCC(=O)N1CCC(C(=O)N2CCCC2)CC1)c1ccccc1Cl. The quantitative estimate of drug-likeness (QED) is 0.871. The van der Waals surface area contributed by atoms with Gasteiger partial charge in [0.1, 0.15) is 0 Å². The van der Waals surface area contributed by atoms with E-state index in [1.807, 2.05) is 4.90 Å². The van der Waals surface area contributed by atoms with Gasteiger partial charge in [0, 0.05) is 32.1 Å². The van der Waals surface area contributed by atoms with Crippen LogP contribution in [-0.2, 0) is 9.59 Å². The number of likely N-dealkylation sites (tertiary alicyclic amines) is 2. The maximum absolute atomic E-state index is 12.4. The van der Waals surface area contributed by atoms with Gasteiger partial charge in [-0.25, -0.2) is 0 Å². The van der Waals surface area contributed by atoms with E-state index in [2.05, 4.69) is 5.32 Å². The molecular formula is C19H24ClN3O3. The fourth-order valence-electron chi connectivity index (χ4n) is 3.58. The standard InChI is InChI=1S/C19H24ClN3O3/c20-16-6-2-1-5-15(16)18(25)21-13-17(24)22-11-7-14(8-12-22)19(26)23-9-3-4-10-23/h1-2,5-6,14H,3-4,7-13H2,(H,21,25). The summed E-state index contributed by atoms with van der Waals surface area (Å²) >= 11 is 5.99. The molecule has 7 heteroatoms. The van der Waals surface area contributed by atoms with Gasteiger partial charge in [0.2, 0.25) is 11.8 Å². The van der Waals surface area contributed by atoms with Crippen molar-refractivity contribution < 1.29 is 14.4 Å². The minimum Gasteiger partial charge on any atom is -0.343 e. The average Bonchev–Trinajstić information content (AvgIpc) is 3.20. The molecule has 3 amide bonds. The van der Waals surface area contributed by atoms with E-state index >= 15 is 0 Å². The molecule has 0 saturated carbocycles. The summed E-state index contributed by atoms with van der Waals surface area (Å²) in [6.45, 7) is 2.79. The van der Waals surface area contributed by atoms with Crippen LogP contribution in [0.3, 0.4) is 0 Å². The van der Waals surface area contributed by atoms with Crippen LogP contribution in [0.5, 0.6) is 0 Å². The summed E-state index contributed by atoms with van der Waals surface area (Å²) in [6, 6.07) is 6.74. The predicted molar refractivity (Wildman–Crippen MR) is 98.9 cm³/mol. The van der Waals surface area contributed by atoms with Crippen molar-refractivity contribution in [2.24, 2.45) is 5.92 Å². The van der Waals surface area contributed by atoms with Crippen LogP contribution in [0.2, 0.25) is 5.02 Å². The van der Waals surface area contributed by atoms with Crippen molar-refractivity contribution in [3.05, 3.63) is 34.9 Å². The fourth-order valence-corrected chi connectivity index (χ4v) is 3.80. The number of carbonyl (C=O) groups excluding carboxylic acids is 3. The predicted octanol–water partition coefficient (Wildman–Crippen LogP) is 1.93. The first-order valence-electron chi connectivity index (χ1n) is 9.15. The van der Waals surface area contributed by atoms with E-state index in [0.717, 1.165) is 25.9 Å². The Kier molecular flexibility index (Phi) is 6.14. The summed E-state index contributed by atoms with van der Waals surface area (Å²) in [7, 11) is 0. The van der Waals surface area contributed by atoms with Crippen molar-refractivity contribution in [2.75, 3.05) is 32.7 Å². The van der Waals surface area contributed by atoms with Gasteiger partial charge in [0.05, 0.1) is 17.1 Å². The highest BCUT2D eigenvalue weighted by atomic mass is 35.5. The van der Waals surface area contributed by atoms with Crippen LogP contribution in [0.4, 0.5) is 0 Å². The third kappa shape index (κ3) is 4.36. The largest absolute Gasteiger partial charge is 0.343 e. The Hall–Kier alpha value is -2.08. The molecule has 1 aromatic rings. The minimum absolute atomic E-state index is 0.0230. The average molecular weight is 378 g/mol. The first-order valence-corrected chi connectivity index (χ1v) is 9.53. The molecule has 26 heavy (non-hydrogen) atoms. The van der Waals surface area contributed by atoms with Crippen molar-refractivity contribution in [1.82, 2.24) is 15.1 Å². The molecule has 0 aromatic heterocycles. The van der Waals surface area contributed by atoms with Gasteiger partial charge in [-0.15, -0.1) is 0 Å². The highest BCUT2D eigenvalue weighted by Gasteiger charge is 2.31. The number of hydrogen-bond acceptors (Lipinski definition) is 3. The zero-order chi connectivity index (χ0) is 18.5. The molecule has 0 aliphatic carbocycles. The third-order valence-electron chi connectivity index (χ3n) is 5.13. The van der Waals surface area contributed by atoms with Crippen LogP contribution >= 0.6 is 11.6 Å². The smallest absolute Gasteiger partial charge is 0.253 e. The van der Waals surface area contributed by atoms with E-state index in [1.54, 1.807) is 29.2 Å². The monoisotopic (exact) mass is 377 g/mol. The molecular weight excluding hydrogens is 354 g/mol. The third-order valence-corrected chi connectivity index (χ3v) is 5.46. The zero-order valence-electron chi connectivity index (χ0n) is 14.7. The maximum atomic E-state index is 12.4. The van der Waals surface area contributed by atoms with Crippen molar-refractivity contribution in [2.45, 2.75) is 25.7 Å². The van der Waals surface area contributed by atoms with Crippen LogP contribution in [0.15, 0.2) is 24.3 Å². The molecule has 1 N–H and O–H groups in total. The highest BCUT2D eigenvalue weighted by molar-refractivity contribution is 6.33. The Bertz CT molecular complexity index is 680. The van der Waals surface area contributed by atoms with Crippen molar-refractivity contribution in [3.63, 3.8) is 0 Å². The summed E-state index contributed by atoms with van der Waals surface area (Å²) in [4.78, 5) is 40.6. The number of nitrogens with one attached hydrogen (secondary N) is 1. The molecule has 2 saturated heterocycles. The van der Waals surface area contributed by atoms with Crippen LogP contribution < -0.4 is 5.32 Å². The number of hydrogen-bond donors (Lipinski definition) is 1. The zero-order valence-corrected chi connectivity index (χ0v) is 15.5. The first-order chi connectivity index (χ1) is 12.6. The summed E-state index contributed by atoms with van der Waals surface area (Å²) in [5.74, 6) is -0.225. The highest BCUT2D eigenvalue weighted by Crippen LogP contribution is 2.22. The number of amides is 3. The number of carbonyl (C=O) groups is 3. The second kappa shape index (κ2) is 8.54. The Morgan fingerprint density at radius 1 is 1.00 bits per heavy atom. The summed E-state index contributed by atoms with van der Waals surface area (Å²) in [6.07, 6.45) is 3.57. The fraction of sp³-hybridized carbons (Fsp3) is 0.526. The number of benzene rings is 1. The molecule has 2 heterocycles. The van der Waals surface area contributed by atoms with E-state index < -0.39 is 0 Å². The maximum Gasteiger partial charge on any atom is 0.253 e. The summed E-state index contributed by atoms with van der Waals surface area (Å²) in [5, 5.41) is 2.99. The Labute approximate surface area is 158 Å². The number of piperidine rings is 1. The molecule has 0 atom stereocenters. The lowest BCUT2D eigenvalue weighted by Crippen LogP contribution is -2.46. The molecule has 0 unspecified atom stereocenters. The van der Waals surface area contributed by atoms with Gasteiger partial charge in [-0.1, -0.05) is 23.7 Å².